The molecular weight excluding hydrogens is 346 g/mol. The number of fused-ring (bicyclic) bond motifs is 1. The predicted octanol–water partition coefficient (Wildman–Crippen LogP) is 2.75. The number of benzene rings is 2. The molecule has 0 aliphatic heterocycles. The maximum absolute atomic E-state index is 9.45. The molecule has 0 aliphatic rings. The van der Waals surface area contributed by atoms with Crippen LogP contribution in [0.15, 0.2) is 60.7 Å². The summed E-state index contributed by atoms with van der Waals surface area (Å²) in [4.78, 5) is 0. The van der Waals surface area contributed by atoms with Gasteiger partial charge < -0.3 is 4.57 Å². The number of nitriles is 4. The third-order valence-corrected chi connectivity index (χ3v) is 4.30. The summed E-state index contributed by atoms with van der Waals surface area (Å²) in [5, 5.41) is 39.9. The second kappa shape index (κ2) is 8.20. The van der Waals surface area contributed by atoms with Crippen molar-refractivity contribution < 1.29 is 0 Å². The third kappa shape index (κ3) is 3.25. The molecule has 5 nitrogen and oxygen atoms in total. The van der Waals surface area contributed by atoms with Crippen LogP contribution in [0.3, 0.4) is 0 Å². The third-order valence-electron chi connectivity index (χ3n) is 4.30. The highest BCUT2D eigenvalue weighted by molar-refractivity contribution is 5.92. The van der Waals surface area contributed by atoms with Gasteiger partial charge in [0.15, 0.2) is 11.1 Å². The topological polar surface area (TPSA) is 100 Å². The lowest BCUT2D eigenvalue weighted by molar-refractivity contribution is 0.782. The van der Waals surface area contributed by atoms with Crippen LogP contribution in [0.2, 0.25) is 0 Å². The molecule has 0 bridgehead atoms. The zero-order valence-electron chi connectivity index (χ0n) is 14.8. The summed E-state index contributed by atoms with van der Waals surface area (Å²) in [6.07, 6.45) is 3.79. The van der Waals surface area contributed by atoms with E-state index < -0.39 is 0 Å². The second-order valence-electron chi connectivity index (χ2n) is 5.86. The molecule has 0 spiro atoms. The van der Waals surface area contributed by atoms with Gasteiger partial charge in [-0.2, -0.15) is 21.0 Å². The normalized spacial score (nSPS) is 10.0. The van der Waals surface area contributed by atoms with E-state index in [9.17, 15) is 21.0 Å². The molecule has 5 heteroatoms. The summed E-state index contributed by atoms with van der Waals surface area (Å²) < 4.78 is 1.69. The standard InChI is InChI=1S/C23H13N5/c24-13-18(14-25)22-20-10-4-5-11-21(20)23(19(15-26)16-27)28(22)12-6-9-17-7-2-1-3-8-17/h1-11H,12H2/b9-6+. The highest BCUT2D eigenvalue weighted by atomic mass is 15.0. The Kier molecular flexibility index (Phi) is 5.33. The van der Waals surface area contributed by atoms with Crippen molar-refractivity contribution >= 4 is 28.0 Å². The highest BCUT2D eigenvalue weighted by Crippen LogP contribution is 2.10. The molecule has 1 aromatic heterocycles. The Balaban J connectivity index is 2.40. The van der Waals surface area contributed by atoms with Crippen LogP contribution < -0.4 is 10.7 Å². The van der Waals surface area contributed by atoms with Crippen LogP contribution in [0.1, 0.15) is 5.56 Å². The van der Waals surface area contributed by atoms with Crippen LogP contribution in [0.5, 0.6) is 0 Å². The van der Waals surface area contributed by atoms with E-state index >= 15 is 0 Å². The summed E-state index contributed by atoms with van der Waals surface area (Å²) in [6, 6.07) is 24.6. The van der Waals surface area contributed by atoms with Gasteiger partial charge in [-0.3, -0.25) is 0 Å². The van der Waals surface area contributed by atoms with Crippen molar-refractivity contribution in [1.29, 1.82) is 21.0 Å². The van der Waals surface area contributed by atoms with E-state index in [1.165, 1.54) is 0 Å². The van der Waals surface area contributed by atoms with Crippen molar-refractivity contribution in [2.24, 2.45) is 0 Å². The number of aromatic nitrogens is 1. The first-order valence-electron chi connectivity index (χ1n) is 8.43. The number of allylic oxidation sites excluding steroid dienone is 1. The Morgan fingerprint density at radius 1 is 0.714 bits per heavy atom. The van der Waals surface area contributed by atoms with Crippen LogP contribution in [-0.2, 0) is 6.54 Å². The molecule has 0 unspecified atom stereocenters. The molecule has 130 valence electrons. The lowest BCUT2D eigenvalue weighted by Gasteiger charge is -2.02. The van der Waals surface area contributed by atoms with Crippen LogP contribution in [0.25, 0.3) is 28.0 Å². The number of hydrogen-bond donors (Lipinski definition) is 0. The summed E-state index contributed by atoms with van der Waals surface area (Å²) in [7, 11) is 0. The lowest BCUT2D eigenvalue weighted by Crippen LogP contribution is -2.29. The van der Waals surface area contributed by atoms with E-state index in [4.69, 9.17) is 0 Å². The zero-order chi connectivity index (χ0) is 19.9. The second-order valence-corrected chi connectivity index (χ2v) is 5.86. The Hall–Kier alpha value is -4.58. The van der Waals surface area contributed by atoms with Gasteiger partial charge in [0.05, 0.1) is 10.7 Å². The Morgan fingerprint density at radius 2 is 1.18 bits per heavy atom. The van der Waals surface area contributed by atoms with E-state index in [0.29, 0.717) is 28.0 Å². The largest absolute Gasteiger partial charge is 0.333 e. The van der Waals surface area contributed by atoms with Gasteiger partial charge in [-0.1, -0.05) is 66.7 Å². The molecule has 1 heterocycles. The predicted molar refractivity (Wildman–Crippen MR) is 106 cm³/mol. The average molecular weight is 359 g/mol. The molecule has 28 heavy (non-hydrogen) atoms. The smallest absolute Gasteiger partial charge is 0.153 e. The lowest BCUT2D eigenvalue weighted by atomic mass is 10.1. The van der Waals surface area contributed by atoms with E-state index in [1.807, 2.05) is 66.8 Å². The van der Waals surface area contributed by atoms with Crippen molar-refractivity contribution in [3.8, 4) is 24.3 Å². The summed E-state index contributed by atoms with van der Waals surface area (Å²) in [5.41, 5.74) is 0.869. The Bertz CT molecular complexity index is 1250. The van der Waals surface area contributed by atoms with Gasteiger partial charge >= 0.3 is 0 Å². The molecule has 0 saturated carbocycles. The maximum Gasteiger partial charge on any atom is 0.153 e. The zero-order valence-corrected chi connectivity index (χ0v) is 14.8. The molecule has 0 amide bonds. The quantitative estimate of drug-likeness (QED) is 0.717. The van der Waals surface area contributed by atoms with E-state index in [-0.39, 0.29) is 11.1 Å². The Labute approximate surface area is 161 Å². The van der Waals surface area contributed by atoms with Gasteiger partial charge in [0.1, 0.15) is 24.3 Å². The van der Waals surface area contributed by atoms with Crippen LogP contribution in [-0.4, -0.2) is 4.57 Å². The number of nitrogens with zero attached hydrogens (tertiary/aromatic N) is 5. The number of rotatable bonds is 3. The average Bonchev–Trinajstić information content (AvgIpc) is 3.05. The summed E-state index contributed by atoms with van der Waals surface area (Å²) in [6.45, 7) is 0.300. The fourth-order valence-corrected chi connectivity index (χ4v) is 3.14. The van der Waals surface area contributed by atoms with E-state index in [2.05, 4.69) is 0 Å². The molecule has 2 aromatic carbocycles. The van der Waals surface area contributed by atoms with Gasteiger partial charge in [-0.25, -0.2) is 0 Å². The molecular formula is C23H13N5. The SMILES string of the molecule is N#CC(C#N)=c1c2ccccc2c(=C(C#N)C#N)n1C/C=C/c1ccccc1. The van der Waals surface area contributed by atoms with Gasteiger partial charge in [-0.15, -0.1) is 0 Å². The summed E-state index contributed by atoms with van der Waals surface area (Å²) >= 11 is 0. The van der Waals surface area contributed by atoms with Crippen LogP contribution >= 0.6 is 0 Å². The fraction of sp³-hybridized carbons (Fsp3) is 0.0435. The molecule has 0 N–H and O–H groups in total. The highest BCUT2D eigenvalue weighted by Gasteiger charge is 2.13. The summed E-state index contributed by atoms with van der Waals surface area (Å²) in [5.74, 6) is 0. The van der Waals surface area contributed by atoms with Crippen molar-refractivity contribution in [1.82, 2.24) is 4.57 Å². The Morgan fingerprint density at radius 3 is 1.64 bits per heavy atom. The van der Waals surface area contributed by atoms with Gasteiger partial charge in [-0.05, 0) is 5.56 Å². The van der Waals surface area contributed by atoms with Gasteiger partial charge in [0.25, 0.3) is 0 Å². The van der Waals surface area contributed by atoms with E-state index in [0.717, 1.165) is 5.56 Å². The number of hydrogen-bond acceptors (Lipinski definition) is 4. The van der Waals surface area contributed by atoms with Gasteiger partial charge in [0, 0.05) is 17.3 Å². The molecule has 0 atom stereocenters. The first-order valence-corrected chi connectivity index (χ1v) is 8.43. The van der Waals surface area contributed by atoms with Crippen LogP contribution in [0.4, 0.5) is 0 Å². The van der Waals surface area contributed by atoms with Crippen molar-refractivity contribution in [3.05, 3.63) is 76.9 Å². The molecule has 0 radical (unpaired) electrons. The molecule has 0 fully saturated rings. The maximum atomic E-state index is 9.45. The first kappa shape index (κ1) is 18.2. The minimum absolute atomic E-state index is 0.0641. The molecule has 0 saturated heterocycles. The first-order chi connectivity index (χ1) is 13.7. The fourth-order valence-electron chi connectivity index (χ4n) is 3.14. The van der Waals surface area contributed by atoms with E-state index in [1.54, 1.807) is 28.8 Å². The van der Waals surface area contributed by atoms with Gasteiger partial charge in [0.2, 0.25) is 0 Å². The molecule has 0 aliphatic carbocycles. The molecule has 3 aromatic rings. The monoisotopic (exact) mass is 359 g/mol. The van der Waals surface area contributed by atoms with Crippen molar-refractivity contribution in [2.45, 2.75) is 6.54 Å². The van der Waals surface area contributed by atoms with Crippen molar-refractivity contribution in [2.75, 3.05) is 0 Å². The minimum atomic E-state index is -0.0641. The molecule has 3 rings (SSSR count). The van der Waals surface area contributed by atoms with Crippen LogP contribution in [0, 0.1) is 45.3 Å². The minimum Gasteiger partial charge on any atom is -0.333 e. The van der Waals surface area contributed by atoms with Crippen molar-refractivity contribution in [3.63, 3.8) is 0 Å².